The summed E-state index contributed by atoms with van der Waals surface area (Å²) in [4.78, 5) is 58.7. The summed E-state index contributed by atoms with van der Waals surface area (Å²) in [5.41, 5.74) is 2.43. The number of phenolic OH excluding ortho intramolecular Hbond substituents is 1. The summed E-state index contributed by atoms with van der Waals surface area (Å²) in [6.45, 7) is 7.70. The van der Waals surface area contributed by atoms with Crippen molar-refractivity contribution in [2.24, 2.45) is 23.7 Å². The molecule has 5 aromatic rings. The van der Waals surface area contributed by atoms with Gasteiger partial charge in [0.25, 0.3) is 5.91 Å². The highest BCUT2D eigenvalue weighted by Gasteiger charge is 2.47. The molecule has 2 unspecified atom stereocenters. The van der Waals surface area contributed by atoms with Crippen LogP contribution in [-0.4, -0.2) is 80.7 Å². The molecule has 14 nitrogen and oxygen atoms in total. The van der Waals surface area contributed by atoms with Gasteiger partial charge in [-0.05, 0) is 67.6 Å². The molecule has 2 bridgehead atoms. The van der Waals surface area contributed by atoms with Crippen molar-refractivity contribution in [3.63, 3.8) is 0 Å². The molecule has 52 heavy (non-hydrogen) atoms. The van der Waals surface area contributed by atoms with Crippen LogP contribution >= 0.6 is 0 Å². The van der Waals surface area contributed by atoms with Gasteiger partial charge in [0.05, 0.1) is 7.11 Å². The second-order valence-electron chi connectivity index (χ2n) is 14.6. The average molecular weight is 710 g/mol. The predicted octanol–water partition coefficient (Wildman–Crippen LogP) is 4.62. The van der Waals surface area contributed by atoms with Gasteiger partial charge in [0.1, 0.15) is 29.1 Å². The first-order chi connectivity index (χ1) is 25.1. The molecule has 2 atom stereocenters. The average Bonchev–Trinajstić information content (AvgIpc) is 3.80. The number of carbonyl (C=O) groups excluding carboxylic acids is 2. The number of aromatic hydroxyl groups is 1. The minimum absolute atomic E-state index is 0.0312. The molecule has 272 valence electrons. The topological polar surface area (TPSA) is 169 Å². The van der Waals surface area contributed by atoms with Crippen LogP contribution in [0.15, 0.2) is 50.5 Å². The van der Waals surface area contributed by atoms with Crippen LogP contribution in [0.3, 0.4) is 0 Å². The van der Waals surface area contributed by atoms with Crippen LogP contribution in [0.1, 0.15) is 56.1 Å². The van der Waals surface area contributed by atoms with Gasteiger partial charge in [-0.3, -0.25) is 14.4 Å². The number of phenols is 1. The van der Waals surface area contributed by atoms with Gasteiger partial charge in [0.2, 0.25) is 28.7 Å². The molecule has 4 aliphatic rings. The number of hydrogen-bond acceptors (Lipinski definition) is 11. The largest absolute Gasteiger partial charge is 0.507 e. The number of ether oxygens (including phenoxy) is 1. The summed E-state index contributed by atoms with van der Waals surface area (Å²) < 4.78 is 18.8. The summed E-state index contributed by atoms with van der Waals surface area (Å²) in [6, 6.07) is 6.56. The number of fused-ring (bicyclic) bond motifs is 4. The van der Waals surface area contributed by atoms with E-state index in [0.717, 1.165) is 25.2 Å². The molecule has 2 amide bonds. The molecule has 1 aliphatic heterocycles. The van der Waals surface area contributed by atoms with Crippen LogP contribution < -0.4 is 20.4 Å². The SMILES string of the molecule is CCc1c(N2CCN(C(=O)c3c(O)ccc4ncoc34)CC2)c(=O)c2oc(-c3ccnc(OC)c3)nc2n1CC(=O)NC1CC(C(C)C)C2CC1C2. The van der Waals surface area contributed by atoms with E-state index in [-0.39, 0.29) is 71.3 Å². The predicted molar refractivity (Wildman–Crippen MR) is 192 cm³/mol. The number of methoxy groups -OCH3 is 1. The number of benzene rings is 1. The fourth-order valence-corrected chi connectivity index (χ4v) is 8.64. The van der Waals surface area contributed by atoms with Crippen molar-refractivity contribution in [3.05, 3.63) is 58.3 Å². The number of hydrogen-bond donors (Lipinski definition) is 2. The summed E-state index contributed by atoms with van der Waals surface area (Å²) in [6.07, 6.45) is 6.56. The first kappa shape index (κ1) is 33.7. The fraction of sp³-hybridized carbons (Fsp3) is 0.474. The van der Waals surface area contributed by atoms with E-state index in [1.54, 1.807) is 29.3 Å². The number of nitrogens with zero attached hydrogens (tertiary/aromatic N) is 6. The summed E-state index contributed by atoms with van der Waals surface area (Å²) in [5, 5.41) is 13.9. The van der Waals surface area contributed by atoms with Crippen molar-refractivity contribution in [1.29, 1.82) is 0 Å². The van der Waals surface area contributed by atoms with E-state index in [2.05, 4.69) is 29.1 Å². The lowest BCUT2D eigenvalue weighted by Gasteiger charge is -2.53. The maximum Gasteiger partial charge on any atom is 0.261 e. The Bertz CT molecular complexity index is 2230. The van der Waals surface area contributed by atoms with Crippen LogP contribution in [0, 0.1) is 23.7 Å². The van der Waals surface area contributed by atoms with E-state index in [4.69, 9.17) is 18.6 Å². The first-order valence-electron chi connectivity index (χ1n) is 18.1. The zero-order valence-corrected chi connectivity index (χ0v) is 29.8. The Morgan fingerprint density at radius 2 is 1.85 bits per heavy atom. The third-order valence-corrected chi connectivity index (χ3v) is 11.4. The molecule has 0 radical (unpaired) electrons. The van der Waals surface area contributed by atoms with Crippen molar-refractivity contribution in [2.45, 2.75) is 59.0 Å². The Labute approximate surface area is 299 Å². The third-order valence-electron chi connectivity index (χ3n) is 11.4. The second-order valence-corrected chi connectivity index (χ2v) is 14.6. The van der Waals surface area contributed by atoms with Gasteiger partial charge >= 0.3 is 0 Å². The van der Waals surface area contributed by atoms with Crippen molar-refractivity contribution in [1.82, 2.24) is 29.7 Å². The standard InChI is InChI=1S/C38H43N7O7/c1-5-27-32(43-10-12-44(13-11-43)38(49)31-28(46)7-6-25-34(31)51-19-40-25)33(48)35-36(42-37(52-35)21-8-9-39-30(16-21)50-4)45(27)18-29(47)41-26-17-24(20(2)3)22-14-23(26)15-22/h6-9,16,19-20,22-24,26,46H,5,10-15,17-18H2,1-4H3,(H,41,47). The highest BCUT2D eigenvalue weighted by molar-refractivity contribution is 6.06. The Balaban J connectivity index is 1.13. The number of nitrogens with one attached hydrogen (secondary N) is 1. The molecule has 3 saturated carbocycles. The quantitative estimate of drug-likeness (QED) is 0.219. The van der Waals surface area contributed by atoms with Crippen molar-refractivity contribution < 1.29 is 28.3 Å². The van der Waals surface area contributed by atoms with Gasteiger partial charge in [-0.2, -0.15) is 4.98 Å². The molecule has 3 aliphatic carbocycles. The summed E-state index contributed by atoms with van der Waals surface area (Å²) in [5.74, 6) is 2.30. The van der Waals surface area contributed by atoms with E-state index in [0.29, 0.717) is 71.3 Å². The van der Waals surface area contributed by atoms with E-state index in [1.807, 2.05) is 16.4 Å². The van der Waals surface area contributed by atoms with Crippen LogP contribution in [0.4, 0.5) is 5.69 Å². The van der Waals surface area contributed by atoms with Crippen LogP contribution in [0.5, 0.6) is 11.6 Å². The lowest BCUT2D eigenvalue weighted by Crippen LogP contribution is -2.54. The van der Waals surface area contributed by atoms with E-state index < -0.39 is 0 Å². The van der Waals surface area contributed by atoms with Gasteiger partial charge in [0.15, 0.2) is 17.6 Å². The van der Waals surface area contributed by atoms with E-state index >= 15 is 0 Å². The number of piperazine rings is 1. The van der Waals surface area contributed by atoms with Gasteiger partial charge in [-0.15, -0.1) is 0 Å². The maximum atomic E-state index is 14.4. The fourth-order valence-electron chi connectivity index (χ4n) is 8.64. The molecule has 4 aromatic heterocycles. The van der Waals surface area contributed by atoms with Gasteiger partial charge in [-0.1, -0.05) is 20.8 Å². The van der Waals surface area contributed by atoms with Gasteiger partial charge in [0, 0.05) is 55.7 Å². The first-order valence-corrected chi connectivity index (χ1v) is 18.1. The Morgan fingerprint density at radius 3 is 2.58 bits per heavy atom. The summed E-state index contributed by atoms with van der Waals surface area (Å²) in [7, 11) is 1.52. The Hall–Kier alpha value is -5.40. The number of pyridine rings is 2. The minimum Gasteiger partial charge on any atom is -0.507 e. The molecule has 1 saturated heterocycles. The molecule has 4 fully saturated rings. The number of oxazole rings is 2. The van der Waals surface area contributed by atoms with E-state index in [9.17, 15) is 19.5 Å². The van der Waals surface area contributed by atoms with Crippen molar-refractivity contribution >= 4 is 39.8 Å². The maximum absolute atomic E-state index is 14.4. The smallest absolute Gasteiger partial charge is 0.261 e. The molecular formula is C38H43N7O7. The number of amides is 2. The van der Waals surface area contributed by atoms with Crippen LogP contribution in [-0.2, 0) is 17.8 Å². The normalized spacial score (nSPS) is 21.5. The van der Waals surface area contributed by atoms with Crippen molar-refractivity contribution in [3.8, 4) is 23.1 Å². The molecule has 14 heteroatoms. The van der Waals surface area contributed by atoms with Gasteiger partial charge < -0.3 is 38.4 Å². The molecule has 2 N–H and O–H groups in total. The highest BCUT2D eigenvalue weighted by atomic mass is 16.5. The zero-order chi connectivity index (χ0) is 36.3. The molecule has 5 heterocycles. The second kappa shape index (κ2) is 13.3. The Morgan fingerprint density at radius 1 is 1.06 bits per heavy atom. The lowest BCUT2D eigenvalue weighted by molar-refractivity contribution is -0.125. The number of rotatable bonds is 9. The van der Waals surface area contributed by atoms with Crippen LogP contribution in [0.2, 0.25) is 0 Å². The minimum atomic E-state index is -0.382. The molecule has 1 aromatic carbocycles. The van der Waals surface area contributed by atoms with Crippen LogP contribution in [0.25, 0.3) is 33.8 Å². The molecule has 0 spiro atoms. The van der Waals surface area contributed by atoms with Gasteiger partial charge in [-0.25, -0.2) is 9.97 Å². The molecule has 9 rings (SSSR count). The molecular weight excluding hydrogens is 666 g/mol. The monoisotopic (exact) mass is 709 g/mol. The van der Waals surface area contributed by atoms with Crippen molar-refractivity contribution in [2.75, 3.05) is 38.2 Å². The lowest BCUT2D eigenvalue weighted by atomic mass is 9.55. The number of anilines is 1. The summed E-state index contributed by atoms with van der Waals surface area (Å²) >= 11 is 0. The number of carbonyl (C=O) groups is 2. The zero-order valence-electron chi connectivity index (χ0n) is 29.8. The highest BCUT2D eigenvalue weighted by Crippen LogP contribution is 2.51. The third kappa shape index (κ3) is 5.73. The van der Waals surface area contributed by atoms with E-state index in [1.165, 1.54) is 19.6 Å². The number of aromatic nitrogens is 4. The Kier molecular flexibility index (Phi) is 8.62.